The standard InChI is InChI=1S/C17H24F3N3O/c1-16(2,3)12-8-13(21)10-14(9-12)22-4-6-23(7-5-22)15(24)11-17(18,19)20/h8-10H,4-7,11,21H2,1-3H3. The Morgan fingerprint density at radius 2 is 1.67 bits per heavy atom. The van der Waals surface area contributed by atoms with Gasteiger partial charge in [-0.1, -0.05) is 20.8 Å². The van der Waals surface area contributed by atoms with Crippen molar-refractivity contribution in [2.75, 3.05) is 36.8 Å². The Hall–Kier alpha value is -1.92. The Morgan fingerprint density at radius 3 is 2.17 bits per heavy atom. The highest BCUT2D eigenvalue weighted by Gasteiger charge is 2.34. The number of carbonyl (C=O) groups is 1. The van der Waals surface area contributed by atoms with Crippen molar-refractivity contribution in [3.63, 3.8) is 0 Å². The first-order valence-corrected chi connectivity index (χ1v) is 7.96. The van der Waals surface area contributed by atoms with Crippen molar-refractivity contribution in [2.24, 2.45) is 0 Å². The van der Waals surface area contributed by atoms with Gasteiger partial charge < -0.3 is 15.5 Å². The average molecular weight is 343 g/mol. The molecule has 2 rings (SSSR count). The number of nitrogens with two attached hydrogens (primary N) is 1. The van der Waals surface area contributed by atoms with Gasteiger partial charge in [0.2, 0.25) is 5.91 Å². The van der Waals surface area contributed by atoms with Gasteiger partial charge in [-0.3, -0.25) is 4.79 Å². The molecular weight excluding hydrogens is 319 g/mol. The Balaban J connectivity index is 2.05. The lowest BCUT2D eigenvalue weighted by Crippen LogP contribution is -2.49. The van der Waals surface area contributed by atoms with Crippen LogP contribution in [0, 0.1) is 0 Å². The summed E-state index contributed by atoms with van der Waals surface area (Å²) in [4.78, 5) is 15.0. The van der Waals surface area contributed by atoms with Crippen LogP contribution in [0.4, 0.5) is 24.5 Å². The van der Waals surface area contributed by atoms with Gasteiger partial charge in [-0.25, -0.2) is 0 Å². The van der Waals surface area contributed by atoms with Gasteiger partial charge in [0.1, 0.15) is 6.42 Å². The number of piperazine rings is 1. The Labute approximate surface area is 140 Å². The molecule has 1 saturated heterocycles. The molecule has 4 nitrogen and oxygen atoms in total. The molecule has 0 unspecified atom stereocenters. The number of hydrogen-bond donors (Lipinski definition) is 1. The Bertz CT molecular complexity index is 600. The quantitative estimate of drug-likeness (QED) is 0.839. The molecule has 1 fully saturated rings. The summed E-state index contributed by atoms with van der Waals surface area (Å²) in [5.41, 5.74) is 8.66. The molecule has 0 saturated carbocycles. The van der Waals surface area contributed by atoms with E-state index in [1.165, 1.54) is 4.90 Å². The number of hydrogen-bond acceptors (Lipinski definition) is 3. The minimum absolute atomic E-state index is 0.0470. The fraction of sp³-hybridized carbons (Fsp3) is 0.588. The van der Waals surface area contributed by atoms with Crippen molar-refractivity contribution in [3.05, 3.63) is 23.8 Å². The maximum absolute atomic E-state index is 12.3. The van der Waals surface area contributed by atoms with Gasteiger partial charge in [0.05, 0.1) is 0 Å². The van der Waals surface area contributed by atoms with E-state index in [1.807, 2.05) is 12.1 Å². The van der Waals surface area contributed by atoms with Gasteiger partial charge >= 0.3 is 6.18 Å². The SMILES string of the molecule is CC(C)(C)c1cc(N)cc(N2CCN(C(=O)CC(F)(F)F)CC2)c1. The van der Waals surface area contributed by atoms with Gasteiger partial charge in [-0.2, -0.15) is 13.2 Å². The number of halogens is 3. The van der Waals surface area contributed by atoms with Crippen LogP contribution in [-0.2, 0) is 10.2 Å². The number of amides is 1. The van der Waals surface area contributed by atoms with Crippen LogP contribution >= 0.6 is 0 Å². The third kappa shape index (κ3) is 4.79. The highest BCUT2D eigenvalue weighted by Crippen LogP contribution is 2.30. The van der Waals surface area contributed by atoms with Crippen molar-refractivity contribution in [2.45, 2.75) is 38.8 Å². The third-order valence-corrected chi connectivity index (χ3v) is 4.16. The van der Waals surface area contributed by atoms with Crippen LogP contribution in [0.3, 0.4) is 0 Å². The number of anilines is 2. The monoisotopic (exact) mass is 343 g/mol. The number of rotatable bonds is 2. The highest BCUT2D eigenvalue weighted by molar-refractivity contribution is 5.77. The second kappa shape index (κ2) is 6.53. The molecule has 134 valence electrons. The fourth-order valence-electron chi connectivity index (χ4n) is 2.75. The fourth-order valence-corrected chi connectivity index (χ4v) is 2.75. The zero-order chi connectivity index (χ0) is 18.1. The van der Waals surface area contributed by atoms with Gasteiger partial charge in [-0.05, 0) is 29.2 Å². The van der Waals surface area contributed by atoms with E-state index in [4.69, 9.17) is 5.73 Å². The van der Waals surface area contributed by atoms with Gasteiger partial charge in [0, 0.05) is 37.6 Å². The van der Waals surface area contributed by atoms with Crippen LogP contribution in [0.2, 0.25) is 0 Å². The lowest BCUT2D eigenvalue weighted by atomic mass is 9.86. The molecule has 1 aromatic rings. The van der Waals surface area contributed by atoms with Crippen molar-refractivity contribution in [3.8, 4) is 0 Å². The average Bonchev–Trinajstić information content (AvgIpc) is 2.44. The summed E-state index contributed by atoms with van der Waals surface area (Å²) in [5, 5.41) is 0. The number of carbonyl (C=O) groups excluding carboxylic acids is 1. The first kappa shape index (κ1) is 18.4. The minimum atomic E-state index is -4.45. The molecule has 2 N–H and O–H groups in total. The minimum Gasteiger partial charge on any atom is -0.399 e. The molecule has 0 aliphatic carbocycles. The number of benzene rings is 1. The van der Waals surface area contributed by atoms with E-state index >= 15 is 0 Å². The topological polar surface area (TPSA) is 49.6 Å². The molecule has 0 spiro atoms. The molecule has 1 heterocycles. The normalized spacial score (nSPS) is 16.4. The van der Waals surface area contributed by atoms with Crippen LogP contribution in [0.5, 0.6) is 0 Å². The zero-order valence-corrected chi connectivity index (χ0v) is 14.3. The molecule has 0 aromatic heterocycles. The van der Waals surface area contributed by atoms with Gasteiger partial charge in [0.15, 0.2) is 0 Å². The summed E-state index contributed by atoms with van der Waals surface area (Å²) in [6.45, 7) is 7.86. The molecule has 7 heteroatoms. The van der Waals surface area contributed by atoms with E-state index in [-0.39, 0.29) is 18.5 Å². The van der Waals surface area contributed by atoms with Crippen molar-refractivity contribution in [1.29, 1.82) is 0 Å². The summed E-state index contributed by atoms with van der Waals surface area (Å²) in [5.74, 6) is -0.856. The molecule has 1 aliphatic heterocycles. The third-order valence-electron chi connectivity index (χ3n) is 4.16. The Kier molecular flexibility index (Phi) is 5.01. The van der Waals surface area contributed by atoms with E-state index in [0.29, 0.717) is 18.8 Å². The second-order valence-corrected chi connectivity index (χ2v) is 7.22. The molecule has 24 heavy (non-hydrogen) atoms. The summed E-state index contributed by atoms with van der Waals surface area (Å²) in [6, 6.07) is 5.86. The Morgan fingerprint density at radius 1 is 1.08 bits per heavy atom. The van der Waals surface area contributed by atoms with Crippen LogP contribution < -0.4 is 10.6 Å². The maximum atomic E-state index is 12.3. The number of nitrogens with zero attached hydrogens (tertiary/aromatic N) is 2. The predicted molar refractivity (Wildman–Crippen MR) is 89.0 cm³/mol. The van der Waals surface area contributed by atoms with E-state index < -0.39 is 18.5 Å². The molecule has 1 amide bonds. The van der Waals surface area contributed by atoms with Crippen LogP contribution in [0.25, 0.3) is 0 Å². The first-order valence-electron chi connectivity index (χ1n) is 7.96. The van der Waals surface area contributed by atoms with E-state index in [1.54, 1.807) is 0 Å². The first-order chi connectivity index (χ1) is 11.0. The molecule has 0 atom stereocenters. The second-order valence-electron chi connectivity index (χ2n) is 7.22. The van der Waals surface area contributed by atoms with Crippen LogP contribution in [0.1, 0.15) is 32.8 Å². The highest BCUT2D eigenvalue weighted by atomic mass is 19.4. The lowest BCUT2D eigenvalue weighted by Gasteiger charge is -2.37. The molecular formula is C17H24F3N3O. The summed E-state index contributed by atoms with van der Waals surface area (Å²) < 4.78 is 37.0. The predicted octanol–water partition coefficient (Wildman–Crippen LogP) is 3.17. The molecule has 0 bridgehead atoms. The summed E-state index contributed by atoms with van der Waals surface area (Å²) >= 11 is 0. The van der Waals surface area contributed by atoms with Crippen molar-refractivity contribution >= 4 is 17.3 Å². The number of alkyl halides is 3. The molecule has 1 aliphatic rings. The largest absolute Gasteiger partial charge is 0.399 e. The molecule has 0 radical (unpaired) electrons. The zero-order valence-electron chi connectivity index (χ0n) is 14.3. The van der Waals surface area contributed by atoms with E-state index in [9.17, 15) is 18.0 Å². The van der Waals surface area contributed by atoms with Crippen LogP contribution in [0.15, 0.2) is 18.2 Å². The van der Waals surface area contributed by atoms with Crippen molar-refractivity contribution < 1.29 is 18.0 Å². The van der Waals surface area contributed by atoms with Crippen molar-refractivity contribution in [1.82, 2.24) is 4.90 Å². The van der Waals surface area contributed by atoms with Gasteiger partial charge in [0.25, 0.3) is 0 Å². The van der Waals surface area contributed by atoms with E-state index in [2.05, 4.69) is 31.7 Å². The summed E-state index contributed by atoms with van der Waals surface area (Å²) in [6.07, 6.45) is -5.84. The van der Waals surface area contributed by atoms with Crippen LogP contribution in [-0.4, -0.2) is 43.2 Å². The van der Waals surface area contributed by atoms with Gasteiger partial charge in [-0.15, -0.1) is 0 Å². The van der Waals surface area contributed by atoms with E-state index in [0.717, 1.165) is 11.3 Å². The summed E-state index contributed by atoms with van der Waals surface area (Å²) in [7, 11) is 0. The molecule has 1 aromatic carbocycles. The maximum Gasteiger partial charge on any atom is 0.397 e. The number of nitrogen functional groups attached to an aromatic ring is 1. The smallest absolute Gasteiger partial charge is 0.397 e. The lowest BCUT2D eigenvalue weighted by molar-refractivity contribution is -0.161.